The smallest absolute Gasteiger partial charge is 0.313 e. The number of ketones is 1. The van der Waals surface area contributed by atoms with Crippen LogP contribution in [0.2, 0.25) is 0 Å². The Kier molecular flexibility index (Phi) is 4.14. The van der Waals surface area contributed by atoms with Gasteiger partial charge >= 0.3 is 5.97 Å². The molecule has 0 radical (unpaired) electrons. The molecule has 0 bridgehead atoms. The van der Waals surface area contributed by atoms with E-state index in [9.17, 15) is 14.0 Å². The standard InChI is InChI=1S/C14H15FO4/c1-2-18-14(17)8-11(16)13-5-3-9-7-10(15)4-6-12(9)19-13/h4,6-7,13H,2-3,5,8H2,1H3. The van der Waals surface area contributed by atoms with Crippen LogP contribution in [-0.4, -0.2) is 24.5 Å². The summed E-state index contributed by atoms with van der Waals surface area (Å²) in [7, 11) is 0. The number of hydrogen-bond acceptors (Lipinski definition) is 4. The molecule has 0 fully saturated rings. The van der Waals surface area contributed by atoms with Gasteiger partial charge in [0.2, 0.25) is 0 Å². The van der Waals surface area contributed by atoms with E-state index in [2.05, 4.69) is 0 Å². The van der Waals surface area contributed by atoms with Crippen LogP contribution in [0.15, 0.2) is 18.2 Å². The Morgan fingerprint density at radius 2 is 2.26 bits per heavy atom. The molecule has 0 N–H and O–H groups in total. The highest BCUT2D eigenvalue weighted by molar-refractivity contribution is 5.98. The molecule has 1 aromatic carbocycles. The number of carbonyl (C=O) groups is 2. The van der Waals surface area contributed by atoms with Gasteiger partial charge in [0.25, 0.3) is 0 Å². The quantitative estimate of drug-likeness (QED) is 0.618. The van der Waals surface area contributed by atoms with Crippen molar-refractivity contribution in [3.63, 3.8) is 0 Å². The fraction of sp³-hybridized carbons (Fsp3) is 0.429. The summed E-state index contributed by atoms with van der Waals surface area (Å²) in [5.74, 6) is -0.650. The van der Waals surface area contributed by atoms with E-state index in [0.717, 1.165) is 5.56 Å². The third-order valence-electron chi connectivity index (χ3n) is 2.95. The van der Waals surface area contributed by atoms with E-state index in [1.807, 2.05) is 0 Å². The van der Waals surface area contributed by atoms with Crippen molar-refractivity contribution >= 4 is 11.8 Å². The van der Waals surface area contributed by atoms with Crippen molar-refractivity contribution in [2.45, 2.75) is 32.3 Å². The van der Waals surface area contributed by atoms with Crippen LogP contribution in [0.5, 0.6) is 5.75 Å². The summed E-state index contributed by atoms with van der Waals surface area (Å²) >= 11 is 0. The van der Waals surface area contributed by atoms with Crippen molar-refractivity contribution in [3.05, 3.63) is 29.6 Å². The van der Waals surface area contributed by atoms with Crippen molar-refractivity contribution in [2.75, 3.05) is 6.61 Å². The number of Topliss-reactive ketones (excluding diaryl/α,β-unsaturated/α-hetero) is 1. The molecule has 1 unspecified atom stereocenters. The lowest BCUT2D eigenvalue weighted by molar-refractivity contribution is -0.147. The number of esters is 1. The van der Waals surface area contributed by atoms with Crippen LogP contribution in [0.3, 0.4) is 0 Å². The highest BCUT2D eigenvalue weighted by atomic mass is 19.1. The van der Waals surface area contributed by atoms with Crippen molar-refractivity contribution in [1.82, 2.24) is 0 Å². The van der Waals surface area contributed by atoms with Gasteiger partial charge in [0.05, 0.1) is 6.61 Å². The summed E-state index contributed by atoms with van der Waals surface area (Å²) in [6.07, 6.45) is 0.0816. The van der Waals surface area contributed by atoms with Gasteiger partial charge in [0.15, 0.2) is 11.9 Å². The van der Waals surface area contributed by atoms with Gasteiger partial charge in [-0.25, -0.2) is 4.39 Å². The summed E-state index contributed by atoms with van der Waals surface area (Å²) in [5.41, 5.74) is 0.750. The van der Waals surface area contributed by atoms with Gasteiger partial charge in [-0.05, 0) is 43.5 Å². The highest BCUT2D eigenvalue weighted by Gasteiger charge is 2.27. The van der Waals surface area contributed by atoms with Crippen LogP contribution >= 0.6 is 0 Å². The summed E-state index contributed by atoms with van der Waals surface area (Å²) in [4.78, 5) is 23.1. The predicted molar refractivity (Wildman–Crippen MR) is 65.4 cm³/mol. The molecule has 0 saturated carbocycles. The molecule has 2 rings (SSSR count). The van der Waals surface area contributed by atoms with Crippen LogP contribution in [0.4, 0.5) is 4.39 Å². The number of benzene rings is 1. The maximum atomic E-state index is 13.0. The number of aryl methyl sites for hydroxylation is 1. The first-order chi connectivity index (χ1) is 9.10. The number of fused-ring (bicyclic) bond motifs is 1. The average molecular weight is 266 g/mol. The van der Waals surface area contributed by atoms with E-state index in [4.69, 9.17) is 9.47 Å². The Morgan fingerprint density at radius 1 is 1.47 bits per heavy atom. The molecule has 102 valence electrons. The lowest BCUT2D eigenvalue weighted by Gasteiger charge is -2.24. The molecular weight excluding hydrogens is 251 g/mol. The fourth-order valence-electron chi connectivity index (χ4n) is 2.05. The first-order valence-corrected chi connectivity index (χ1v) is 6.23. The minimum Gasteiger partial charge on any atom is -0.482 e. The van der Waals surface area contributed by atoms with Gasteiger partial charge in [-0.1, -0.05) is 0 Å². The molecule has 0 amide bonds. The van der Waals surface area contributed by atoms with Crippen LogP contribution in [0, 0.1) is 5.82 Å². The molecule has 1 atom stereocenters. The van der Waals surface area contributed by atoms with Crippen LogP contribution in [0.25, 0.3) is 0 Å². The minimum atomic E-state index is -0.651. The van der Waals surface area contributed by atoms with Gasteiger partial charge in [0.1, 0.15) is 18.0 Å². The van der Waals surface area contributed by atoms with E-state index in [-0.39, 0.29) is 24.6 Å². The minimum absolute atomic E-state index is 0.250. The summed E-state index contributed by atoms with van der Waals surface area (Å²) in [6.45, 7) is 1.93. The maximum absolute atomic E-state index is 13.0. The second kappa shape index (κ2) is 5.82. The number of rotatable bonds is 4. The maximum Gasteiger partial charge on any atom is 0.313 e. The summed E-state index contributed by atoms with van der Waals surface area (Å²) in [6, 6.07) is 4.20. The molecule has 0 spiro atoms. The molecule has 1 heterocycles. The zero-order valence-electron chi connectivity index (χ0n) is 10.6. The van der Waals surface area contributed by atoms with Crippen LogP contribution < -0.4 is 4.74 Å². The van der Waals surface area contributed by atoms with E-state index in [1.54, 1.807) is 6.92 Å². The average Bonchev–Trinajstić information content (AvgIpc) is 2.38. The zero-order chi connectivity index (χ0) is 13.8. The normalized spacial score (nSPS) is 17.3. The Morgan fingerprint density at radius 3 is 3.00 bits per heavy atom. The highest BCUT2D eigenvalue weighted by Crippen LogP contribution is 2.28. The fourth-order valence-corrected chi connectivity index (χ4v) is 2.05. The van der Waals surface area contributed by atoms with E-state index < -0.39 is 12.1 Å². The lowest BCUT2D eigenvalue weighted by atomic mass is 9.98. The topological polar surface area (TPSA) is 52.6 Å². The van der Waals surface area contributed by atoms with Gasteiger partial charge in [0, 0.05) is 0 Å². The van der Waals surface area contributed by atoms with Crippen molar-refractivity contribution in [1.29, 1.82) is 0 Å². The SMILES string of the molecule is CCOC(=O)CC(=O)C1CCc2cc(F)ccc2O1. The number of carbonyl (C=O) groups excluding carboxylic acids is 2. The van der Waals surface area contributed by atoms with Crippen molar-refractivity contribution in [3.8, 4) is 5.75 Å². The Balaban J connectivity index is 1.99. The molecule has 0 aromatic heterocycles. The number of hydrogen-bond donors (Lipinski definition) is 0. The van der Waals surface area contributed by atoms with Crippen molar-refractivity contribution < 1.29 is 23.5 Å². The van der Waals surface area contributed by atoms with Crippen molar-refractivity contribution in [2.24, 2.45) is 0 Å². The second-order valence-electron chi connectivity index (χ2n) is 4.35. The molecule has 1 aliphatic rings. The lowest BCUT2D eigenvalue weighted by Crippen LogP contribution is -2.33. The Hall–Kier alpha value is -1.91. The molecule has 19 heavy (non-hydrogen) atoms. The molecule has 1 aliphatic heterocycles. The van der Waals surface area contributed by atoms with Gasteiger partial charge in [-0.15, -0.1) is 0 Å². The van der Waals surface area contributed by atoms with Gasteiger partial charge < -0.3 is 9.47 Å². The van der Waals surface area contributed by atoms with Crippen LogP contribution in [-0.2, 0) is 20.7 Å². The molecule has 0 aliphatic carbocycles. The zero-order valence-corrected chi connectivity index (χ0v) is 10.6. The third kappa shape index (κ3) is 3.30. The van der Waals surface area contributed by atoms with E-state index in [1.165, 1.54) is 18.2 Å². The third-order valence-corrected chi connectivity index (χ3v) is 2.95. The van der Waals surface area contributed by atoms with Gasteiger partial charge in [-0.2, -0.15) is 0 Å². The number of halogens is 1. The largest absolute Gasteiger partial charge is 0.482 e. The first-order valence-electron chi connectivity index (χ1n) is 6.23. The van der Waals surface area contributed by atoms with E-state index in [0.29, 0.717) is 18.6 Å². The second-order valence-corrected chi connectivity index (χ2v) is 4.35. The Bertz CT molecular complexity index is 498. The Labute approximate surface area is 110 Å². The van der Waals surface area contributed by atoms with E-state index >= 15 is 0 Å². The number of ether oxygens (including phenoxy) is 2. The molecular formula is C14H15FO4. The summed E-state index contributed by atoms with van der Waals surface area (Å²) < 4.78 is 23.3. The summed E-state index contributed by atoms with van der Waals surface area (Å²) in [5, 5.41) is 0. The molecule has 1 aromatic rings. The molecule has 5 heteroatoms. The molecule has 0 saturated heterocycles. The van der Waals surface area contributed by atoms with Crippen LogP contribution in [0.1, 0.15) is 25.3 Å². The van der Waals surface area contributed by atoms with Gasteiger partial charge in [-0.3, -0.25) is 9.59 Å². The predicted octanol–water partition coefficient (Wildman–Crippen LogP) is 2.04. The molecule has 4 nitrogen and oxygen atoms in total. The first kappa shape index (κ1) is 13.5. The monoisotopic (exact) mass is 266 g/mol.